The van der Waals surface area contributed by atoms with Crippen LogP contribution in [-0.4, -0.2) is 60.2 Å². The number of aromatic nitrogens is 5. The van der Waals surface area contributed by atoms with Gasteiger partial charge in [0.2, 0.25) is 0 Å². The first kappa shape index (κ1) is 21.4. The Morgan fingerprint density at radius 1 is 1.24 bits per heavy atom. The Balaban J connectivity index is 1.59. The summed E-state index contributed by atoms with van der Waals surface area (Å²) in [5.74, 6) is 0.131. The summed E-state index contributed by atoms with van der Waals surface area (Å²) in [6, 6.07) is 6.59. The third-order valence-electron chi connectivity index (χ3n) is 5.92. The number of amides is 1. The van der Waals surface area contributed by atoms with Crippen molar-refractivity contribution in [2.45, 2.75) is 31.6 Å². The Hall–Kier alpha value is -3.47. The van der Waals surface area contributed by atoms with Gasteiger partial charge in [-0.25, -0.2) is 15.0 Å². The van der Waals surface area contributed by atoms with E-state index in [-0.39, 0.29) is 23.3 Å². The summed E-state index contributed by atoms with van der Waals surface area (Å²) in [5.41, 5.74) is 7.76. The van der Waals surface area contributed by atoms with E-state index in [2.05, 4.69) is 15.0 Å². The van der Waals surface area contributed by atoms with E-state index in [1.165, 1.54) is 12.4 Å². The molecule has 0 aromatic carbocycles. The van der Waals surface area contributed by atoms with Crippen LogP contribution in [0.4, 0.5) is 13.2 Å². The molecule has 8 nitrogen and oxygen atoms in total. The first-order valence-electron chi connectivity index (χ1n) is 10.6. The van der Waals surface area contributed by atoms with Gasteiger partial charge in [-0.2, -0.15) is 13.2 Å². The molecule has 1 atom stereocenters. The first-order valence-corrected chi connectivity index (χ1v) is 10.6. The fraction of sp³-hybridized carbons (Fsp3) is 0.364. The fourth-order valence-corrected chi connectivity index (χ4v) is 4.41. The summed E-state index contributed by atoms with van der Waals surface area (Å²) in [6.45, 7) is -0.0874. The average molecular weight is 457 g/mol. The molecule has 0 spiro atoms. The molecule has 172 valence electrons. The second-order valence-corrected chi connectivity index (χ2v) is 8.36. The predicted octanol–water partition coefficient (Wildman–Crippen LogP) is 3.11. The van der Waals surface area contributed by atoms with Crippen molar-refractivity contribution in [1.82, 2.24) is 29.0 Å². The molecule has 4 aromatic rings. The summed E-state index contributed by atoms with van der Waals surface area (Å²) in [7, 11) is 1.69. The lowest BCUT2D eigenvalue weighted by molar-refractivity contribution is -0.139. The number of pyridine rings is 2. The van der Waals surface area contributed by atoms with Gasteiger partial charge in [0.15, 0.2) is 11.5 Å². The van der Waals surface area contributed by atoms with Crippen molar-refractivity contribution < 1.29 is 18.0 Å². The number of nitrogens with zero attached hydrogens (tertiary/aromatic N) is 6. The normalized spacial score (nSPS) is 17.2. The number of rotatable bonds is 3. The molecule has 0 radical (unpaired) electrons. The summed E-state index contributed by atoms with van der Waals surface area (Å²) < 4.78 is 42.8. The monoisotopic (exact) mass is 457 g/mol. The molecule has 1 aliphatic rings. The van der Waals surface area contributed by atoms with Gasteiger partial charge in [0.05, 0.1) is 11.3 Å². The van der Waals surface area contributed by atoms with Gasteiger partial charge in [-0.05, 0) is 37.1 Å². The van der Waals surface area contributed by atoms with Crippen LogP contribution in [-0.2, 0) is 13.6 Å². The van der Waals surface area contributed by atoms with Crippen LogP contribution in [0.2, 0.25) is 0 Å². The standard InChI is InChI=1S/C22H22F3N7O/c1-30-19-16(8-14(10-28-19)21(33)31-7-3-5-15(26)11-31)29-20(30)17-9-13-4-2-6-27-18(13)32(17)12-22(23,24)25/h2,4,6,8-10,15H,3,5,7,11-12,26H2,1H3/t15-/m1/s1. The van der Waals surface area contributed by atoms with Crippen molar-refractivity contribution in [3.05, 3.63) is 42.2 Å². The highest BCUT2D eigenvalue weighted by molar-refractivity contribution is 5.97. The Labute approximate surface area is 186 Å². The number of carbonyl (C=O) groups is 1. The van der Waals surface area contributed by atoms with E-state index in [1.807, 2.05) is 0 Å². The molecule has 0 saturated carbocycles. The van der Waals surface area contributed by atoms with Gasteiger partial charge in [0.25, 0.3) is 5.91 Å². The minimum atomic E-state index is -4.43. The summed E-state index contributed by atoms with van der Waals surface area (Å²) in [6.07, 6.45) is 0.221. The van der Waals surface area contributed by atoms with Crippen LogP contribution >= 0.6 is 0 Å². The number of aryl methyl sites for hydroxylation is 1. The maximum Gasteiger partial charge on any atom is 0.406 e. The van der Waals surface area contributed by atoms with E-state index >= 15 is 0 Å². The summed E-state index contributed by atoms with van der Waals surface area (Å²) in [5, 5.41) is 0.578. The zero-order valence-corrected chi connectivity index (χ0v) is 17.9. The highest BCUT2D eigenvalue weighted by Gasteiger charge is 2.31. The number of nitrogens with two attached hydrogens (primary N) is 1. The Kier molecular flexibility index (Phi) is 5.08. The van der Waals surface area contributed by atoms with Gasteiger partial charge in [-0.15, -0.1) is 0 Å². The first-order chi connectivity index (χ1) is 15.7. The van der Waals surface area contributed by atoms with Gasteiger partial charge in [0, 0.05) is 44.0 Å². The van der Waals surface area contributed by atoms with Crippen molar-refractivity contribution in [2.75, 3.05) is 13.1 Å². The smallest absolute Gasteiger partial charge is 0.337 e. The number of likely N-dealkylation sites (tertiary alicyclic amines) is 1. The van der Waals surface area contributed by atoms with Crippen molar-refractivity contribution >= 4 is 28.1 Å². The number of fused-ring (bicyclic) bond motifs is 2. The average Bonchev–Trinajstić information content (AvgIpc) is 3.29. The SMILES string of the molecule is Cn1c(-c2cc3cccnc3n2CC(F)(F)F)nc2cc(C(=O)N3CCC[C@@H](N)C3)cnc21. The summed E-state index contributed by atoms with van der Waals surface area (Å²) >= 11 is 0. The van der Waals surface area contributed by atoms with E-state index in [1.54, 1.807) is 40.8 Å². The van der Waals surface area contributed by atoms with Gasteiger partial charge in [-0.1, -0.05) is 0 Å². The molecule has 5 heterocycles. The zero-order chi connectivity index (χ0) is 23.3. The molecule has 0 unspecified atom stereocenters. The molecule has 1 amide bonds. The van der Waals surface area contributed by atoms with E-state index in [0.29, 0.717) is 41.0 Å². The molecule has 4 aromatic heterocycles. The number of carbonyl (C=O) groups excluding carboxylic acids is 1. The number of hydrogen-bond donors (Lipinski definition) is 1. The van der Waals surface area contributed by atoms with Gasteiger partial charge in [0.1, 0.15) is 17.7 Å². The van der Waals surface area contributed by atoms with Crippen molar-refractivity contribution in [1.29, 1.82) is 0 Å². The maximum atomic E-state index is 13.4. The Bertz CT molecular complexity index is 1360. The van der Waals surface area contributed by atoms with Crippen LogP contribution in [0.25, 0.3) is 33.7 Å². The van der Waals surface area contributed by atoms with Crippen molar-refractivity contribution in [2.24, 2.45) is 12.8 Å². The number of alkyl halides is 3. The highest BCUT2D eigenvalue weighted by atomic mass is 19.4. The predicted molar refractivity (Wildman–Crippen MR) is 116 cm³/mol. The highest BCUT2D eigenvalue weighted by Crippen LogP contribution is 2.31. The second-order valence-electron chi connectivity index (χ2n) is 8.36. The minimum absolute atomic E-state index is 0.0509. The molecular weight excluding hydrogens is 435 g/mol. The summed E-state index contributed by atoms with van der Waals surface area (Å²) in [4.78, 5) is 27.7. The van der Waals surface area contributed by atoms with E-state index in [9.17, 15) is 18.0 Å². The Morgan fingerprint density at radius 3 is 2.82 bits per heavy atom. The second kappa shape index (κ2) is 7.84. The largest absolute Gasteiger partial charge is 0.406 e. The lowest BCUT2D eigenvalue weighted by Crippen LogP contribution is -2.45. The molecular formula is C22H22F3N7O. The molecule has 5 rings (SSSR count). The zero-order valence-electron chi connectivity index (χ0n) is 17.9. The van der Waals surface area contributed by atoms with E-state index in [4.69, 9.17) is 5.73 Å². The van der Waals surface area contributed by atoms with E-state index < -0.39 is 12.7 Å². The van der Waals surface area contributed by atoms with Gasteiger partial charge >= 0.3 is 6.18 Å². The fourth-order valence-electron chi connectivity index (χ4n) is 4.41. The minimum Gasteiger partial charge on any atom is -0.337 e. The quantitative estimate of drug-likeness (QED) is 0.510. The van der Waals surface area contributed by atoms with Crippen molar-refractivity contribution in [3.63, 3.8) is 0 Å². The molecule has 1 fully saturated rings. The van der Waals surface area contributed by atoms with Crippen LogP contribution in [0, 0.1) is 0 Å². The number of imidazole rings is 1. The Morgan fingerprint density at radius 2 is 2.06 bits per heavy atom. The number of piperidine rings is 1. The molecule has 0 aliphatic carbocycles. The maximum absolute atomic E-state index is 13.4. The van der Waals surface area contributed by atoms with Crippen LogP contribution in [0.5, 0.6) is 0 Å². The molecule has 0 bridgehead atoms. The number of halogens is 3. The third kappa shape index (κ3) is 3.92. The van der Waals surface area contributed by atoms with Gasteiger partial charge < -0.3 is 19.8 Å². The molecule has 1 aliphatic heterocycles. The topological polar surface area (TPSA) is 94.9 Å². The number of hydrogen-bond acceptors (Lipinski definition) is 5. The van der Waals surface area contributed by atoms with Crippen LogP contribution in [0.15, 0.2) is 36.7 Å². The molecule has 11 heteroatoms. The lowest BCUT2D eigenvalue weighted by atomic mass is 10.1. The van der Waals surface area contributed by atoms with Crippen LogP contribution < -0.4 is 5.73 Å². The van der Waals surface area contributed by atoms with Gasteiger partial charge in [-0.3, -0.25) is 4.79 Å². The third-order valence-corrected chi connectivity index (χ3v) is 5.92. The van der Waals surface area contributed by atoms with Crippen LogP contribution in [0.1, 0.15) is 23.2 Å². The molecule has 33 heavy (non-hydrogen) atoms. The van der Waals surface area contributed by atoms with Crippen molar-refractivity contribution in [3.8, 4) is 11.5 Å². The van der Waals surface area contributed by atoms with E-state index in [0.717, 1.165) is 17.4 Å². The lowest BCUT2D eigenvalue weighted by Gasteiger charge is -2.30. The van der Waals surface area contributed by atoms with Crippen LogP contribution in [0.3, 0.4) is 0 Å². The molecule has 1 saturated heterocycles. The molecule has 2 N–H and O–H groups in total.